The molecule has 0 bridgehead atoms. The molecule has 92 valence electrons. The summed E-state index contributed by atoms with van der Waals surface area (Å²) in [5.74, 6) is -2.69. The Kier molecular flexibility index (Phi) is 4.17. The lowest BCUT2D eigenvalue weighted by Crippen LogP contribution is -2.34. The standard InChI is InChI=1S/C11H13FN2O3/c1-2-9(13)10(15)14-6-3-4-7(11(16)17)8(12)5-6/h3-5,9H,2,13H2,1H3,(H,14,15)(H,16,17)/t9-/m0/s1. The summed E-state index contributed by atoms with van der Waals surface area (Å²) in [5.41, 5.74) is 5.22. The van der Waals surface area contributed by atoms with E-state index in [-0.39, 0.29) is 5.69 Å². The van der Waals surface area contributed by atoms with Crippen LogP contribution < -0.4 is 11.1 Å². The van der Waals surface area contributed by atoms with Gasteiger partial charge in [0.25, 0.3) is 0 Å². The molecule has 0 aliphatic carbocycles. The maximum absolute atomic E-state index is 13.3. The molecule has 0 saturated heterocycles. The van der Waals surface area contributed by atoms with Gasteiger partial charge in [-0.2, -0.15) is 0 Å². The Morgan fingerprint density at radius 2 is 2.18 bits per heavy atom. The third-order valence-electron chi connectivity index (χ3n) is 2.24. The molecule has 0 fully saturated rings. The number of rotatable bonds is 4. The van der Waals surface area contributed by atoms with Crippen molar-refractivity contribution < 1.29 is 19.1 Å². The smallest absolute Gasteiger partial charge is 0.338 e. The topological polar surface area (TPSA) is 92.4 Å². The summed E-state index contributed by atoms with van der Waals surface area (Å²) >= 11 is 0. The summed E-state index contributed by atoms with van der Waals surface area (Å²) in [4.78, 5) is 22.0. The average molecular weight is 240 g/mol. The molecule has 6 heteroatoms. The van der Waals surface area contributed by atoms with Gasteiger partial charge in [0, 0.05) is 5.69 Å². The fourth-order valence-corrected chi connectivity index (χ4v) is 1.19. The largest absolute Gasteiger partial charge is 0.478 e. The Balaban J connectivity index is 2.84. The third-order valence-corrected chi connectivity index (χ3v) is 2.24. The summed E-state index contributed by atoms with van der Waals surface area (Å²) in [6.07, 6.45) is 0.460. The van der Waals surface area contributed by atoms with Crippen LogP contribution in [0, 0.1) is 5.82 Å². The zero-order chi connectivity index (χ0) is 13.0. The maximum atomic E-state index is 13.3. The van der Waals surface area contributed by atoms with Crippen LogP contribution in [0.15, 0.2) is 18.2 Å². The molecule has 1 aromatic rings. The van der Waals surface area contributed by atoms with Crippen molar-refractivity contribution in [1.29, 1.82) is 0 Å². The first-order valence-electron chi connectivity index (χ1n) is 5.05. The molecule has 0 saturated carbocycles. The van der Waals surface area contributed by atoms with Crippen molar-refractivity contribution in [2.24, 2.45) is 5.73 Å². The van der Waals surface area contributed by atoms with E-state index < -0.39 is 29.3 Å². The Hall–Kier alpha value is -1.95. The zero-order valence-electron chi connectivity index (χ0n) is 9.24. The van der Waals surface area contributed by atoms with E-state index in [4.69, 9.17) is 10.8 Å². The number of amides is 1. The van der Waals surface area contributed by atoms with Gasteiger partial charge in [-0.3, -0.25) is 4.79 Å². The molecule has 5 nitrogen and oxygen atoms in total. The second-order valence-electron chi connectivity index (χ2n) is 3.50. The molecule has 0 unspecified atom stereocenters. The van der Waals surface area contributed by atoms with Crippen molar-refractivity contribution in [1.82, 2.24) is 0 Å². The van der Waals surface area contributed by atoms with Crippen molar-refractivity contribution in [2.45, 2.75) is 19.4 Å². The van der Waals surface area contributed by atoms with Crippen LogP contribution in [0.2, 0.25) is 0 Å². The molecule has 0 heterocycles. The minimum atomic E-state index is -1.36. The monoisotopic (exact) mass is 240 g/mol. The first-order chi connectivity index (χ1) is 7.95. The predicted molar refractivity (Wildman–Crippen MR) is 60.3 cm³/mol. The van der Waals surface area contributed by atoms with Crippen LogP contribution in [0.5, 0.6) is 0 Å². The van der Waals surface area contributed by atoms with Gasteiger partial charge in [-0.25, -0.2) is 9.18 Å². The highest BCUT2D eigenvalue weighted by molar-refractivity contribution is 5.95. The zero-order valence-corrected chi connectivity index (χ0v) is 9.24. The van der Waals surface area contributed by atoms with E-state index in [0.717, 1.165) is 12.1 Å². The Labute approximate surface area is 97.4 Å². The minimum Gasteiger partial charge on any atom is -0.478 e. The lowest BCUT2D eigenvalue weighted by Gasteiger charge is -2.10. The first-order valence-corrected chi connectivity index (χ1v) is 5.05. The molecular weight excluding hydrogens is 227 g/mol. The quantitative estimate of drug-likeness (QED) is 0.737. The molecule has 1 rings (SSSR count). The van der Waals surface area contributed by atoms with Crippen molar-refractivity contribution in [2.75, 3.05) is 5.32 Å². The number of hydrogen-bond donors (Lipinski definition) is 3. The van der Waals surface area contributed by atoms with Gasteiger partial charge in [0.15, 0.2) is 0 Å². The summed E-state index contributed by atoms with van der Waals surface area (Å²) in [6, 6.07) is 2.68. The van der Waals surface area contributed by atoms with E-state index >= 15 is 0 Å². The number of benzene rings is 1. The molecule has 0 spiro atoms. The van der Waals surface area contributed by atoms with E-state index in [1.54, 1.807) is 6.92 Å². The maximum Gasteiger partial charge on any atom is 0.338 e. The third kappa shape index (κ3) is 3.25. The number of aromatic carboxylic acids is 1. The number of nitrogens with two attached hydrogens (primary N) is 1. The number of carbonyl (C=O) groups excluding carboxylic acids is 1. The SMILES string of the molecule is CC[C@H](N)C(=O)Nc1ccc(C(=O)O)c(F)c1. The number of hydrogen-bond acceptors (Lipinski definition) is 3. The number of nitrogens with one attached hydrogen (secondary N) is 1. The van der Waals surface area contributed by atoms with Gasteiger partial charge in [0.1, 0.15) is 5.82 Å². The Morgan fingerprint density at radius 1 is 1.53 bits per heavy atom. The van der Waals surface area contributed by atoms with Crippen LogP contribution >= 0.6 is 0 Å². The van der Waals surface area contributed by atoms with Gasteiger partial charge >= 0.3 is 5.97 Å². The van der Waals surface area contributed by atoms with Crippen LogP contribution in [0.25, 0.3) is 0 Å². The van der Waals surface area contributed by atoms with Crippen LogP contribution in [-0.4, -0.2) is 23.0 Å². The molecule has 1 atom stereocenters. The molecule has 4 N–H and O–H groups in total. The first kappa shape index (κ1) is 13.1. The highest BCUT2D eigenvalue weighted by atomic mass is 19.1. The van der Waals surface area contributed by atoms with Crippen LogP contribution in [0.4, 0.5) is 10.1 Å². The van der Waals surface area contributed by atoms with E-state index in [1.165, 1.54) is 6.07 Å². The molecular formula is C11H13FN2O3. The van der Waals surface area contributed by atoms with Gasteiger partial charge in [-0.1, -0.05) is 6.92 Å². The fraction of sp³-hybridized carbons (Fsp3) is 0.273. The number of halogens is 1. The van der Waals surface area contributed by atoms with Crippen molar-refractivity contribution in [3.8, 4) is 0 Å². The van der Waals surface area contributed by atoms with Crippen LogP contribution in [0.1, 0.15) is 23.7 Å². The normalized spacial score (nSPS) is 11.9. The summed E-state index contributed by atoms with van der Waals surface area (Å²) in [5, 5.41) is 11.0. The van der Waals surface area contributed by atoms with Crippen LogP contribution in [0.3, 0.4) is 0 Å². The molecule has 0 aromatic heterocycles. The lowest BCUT2D eigenvalue weighted by atomic mass is 10.1. The highest BCUT2D eigenvalue weighted by Gasteiger charge is 2.14. The molecule has 0 radical (unpaired) electrons. The van der Waals surface area contributed by atoms with E-state index in [9.17, 15) is 14.0 Å². The minimum absolute atomic E-state index is 0.182. The average Bonchev–Trinajstić information content (AvgIpc) is 2.27. The number of anilines is 1. The van der Waals surface area contributed by atoms with Crippen molar-refractivity contribution in [3.05, 3.63) is 29.6 Å². The van der Waals surface area contributed by atoms with E-state index in [2.05, 4.69) is 5.32 Å². The van der Waals surface area contributed by atoms with Crippen molar-refractivity contribution in [3.63, 3.8) is 0 Å². The van der Waals surface area contributed by atoms with Gasteiger partial charge in [-0.15, -0.1) is 0 Å². The molecule has 0 aliphatic heterocycles. The number of carbonyl (C=O) groups is 2. The molecule has 0 aliphatic rings. The summed E-state index contributed by atoms with van der Waals surface area (Å²) < 4.78 is 13.3. The van der Waals surface area contributed by atoms with E-state index in [1.807, 2.05) is 0 Å². The van der Waals surface area contributed by atoms with Crippen molar-refractivity contribution >= 4 is 17.6 Å². The van der Waals surface area contributed by atoms with E-state index in [0.29, 0.717) is 6.42 Å². The predicted octanol–water partition coefficient (Wildman–Crippen LogP) is 1.20. The highest BCUT2D eigenvalue weighted by Crippen LogP contribution is 2.14. The molecule has 1 amide bonds. The lowest BCUT2D eigenvalue weighted by molar-refractivity contribution is -0.117. The second kappa shape index (κ2) is 5.40. The fourth-order valence-electron chi connectivity index (χ4n) is 1.19. The number of carboxylic acid groups (broad SMARTS) is 1. The summed E-state index contributed by atoms with van der Waals surface area (Å²) in [7, 11) is 0. The van der Waals surface area contributed by atoms with Gasteiger partial charge in [0.2, 0.25) is 5.91 Å². The Bertz CT molecular complexity index is 448. The van der Waals surface area contributed by atoms with Gasteiger partial charge < -0.3 is 16.2 Å². The van der Waals surface area contributed by atoms with Gasteiger partial charge in [0.05, 0.1) is 11.6 Å². The van der Waals surface area contributed by atoms with Crippen LogP contribution in [-0.2, 0) is 4.79 Å². The molecule has 17 heavy (non-hydrogen) atoms. The summed E-state index contributed by atoms with van der Waals surface area (Å²) in [6.45, 7) is 1.75. The Morgan fingerprint density at radius 3 is 2.65 bits per heavy atom. The second-order valence-corrected chi connectivity index (χ2v) is 3.50. The van der Waals surface area contributed by atoms with Gasteiger partial charge in [-0.05, 0) is 24.6 Å². The number of carboxylic acids is 1. The molecule has 1 aromatic carbocycles.